The highest BCUT2D eigenvalue weighted by atomic mass is 35.5. The molecule has 0 aliphatic heterocycles. The van der Waals surface area contributed by atoms with E-state index in [1.807, 2.05) is 6.07 Å². The molecule has 1 aliphatic rings. The molecule has 0 spiro atoms. The average Bonchev–Trinajstić information content (AvgIpc) is 2.35. The Hall–Kier alpha value is -1.22. The van der Waals surface area contributed by atoms with Crippen molar-refractivity contribution in [2.24, 2.45) is 0 Å². The van der Waals surface area contributed by atoms with E-state index in [1.165, 1.54) is 5.56 Å². The van der Waals surface area contributed by atoms with Crippen molar-refractivity contribution in [2.45, 2.75) is 44.9 Å². The molecule has 0 fully saturated rings. The fourth-order valence-corrected chi connectivity index (χ4v) is 2.86. The van der Waals surface area contributed by atoms with Crippen LogP contribution < -0.4 is 0 Å². The van der Waals surface area contributed by atoms with Gasteiger partial charge in [0.05, 0.1) is 5.02 Å². The first-order valence-corrected chi connectivity index (χ1v) is 6.71. The molecule has 0 saturated carbocycles. The zero-order chi connectivity index (χ0) is 13.1. The number of benzene rings is 1. The van der Waals surface area contributed by atoms with Crippen LogP contribution in [0.15, 0.2) is 6.07 Å². The molecule has 2 rings (SSSR count). The van der Waals surface area contributed by atoms with Gasteiger partial charge in [-0.25, -0.2) is 0 Å². The molecule has 0 amide bonds. The molecule has 0 atom stereocenters. The molecule has 0 unspecified atom stereocenters. The van der Waals surface area contributed by atoms with Gasteiger partial charge in [0, 0.05) is 6.42 Å². The fraction of sp³-hybridized carbons (Fsp3) is 0.500. The Morgan fingerprint density at radius 3 is 2.78 bits per heavy atom. The van der Waals surface area contributed by atoms with Crippen LogP contribution in [0.25, 0.3) is 0 Å². The second kappa shape index (κ2) is 5.61. The Kier molecular flexibility index (Phi) is 4.12. The van der Waals surface area contributed by atoms with Crippen molar-refractivity contribution >= 4 is 17.6 Å². The number of hydrogen-bond donors (Lipinski definition) is 2. The number of hydrogen-bond acceptors (Lipinski definition) is 2. The smallest absolute Gasteiger partial charge is 0.303 e. The molecular formula is C14H17ClO3. The largest absolute Gasteiger partial charge is 0.506 e. The van der Waals surface area contributed by atoms with Crippen LogP contribution in [0.2, 0.25) is 5.02 Å². The van der Waals surface area contributed by atoms with Gasteiger partial charge in [-0.3, -0.25) is 4.79 Å². The summed E-state index contributed by atoms with van der Waals surface area (Å²) in [6.45, 7) is 0. The van der Waals surface area contributed by atoms with Gasteiger partial charge in [0.25, 0.3) is 0 Å². The van der Waals surface area contributed by atoms with E-state index >= 15 is 0 Å². The van der Waals surface area contributed by atoms with Gasteiger partial charge in [-0.05, 0) is 55.2 Å². The van der Waals surface area contributed by atoms with Crippen molar-refractivity contribution < 1.29 is 15.0 Å². The summed E-state index contributed by atoms with van der Waals surface area (Å²) in [5.74, 6) is -0.666. The molecule has 0 radical (unpaired) electrons. The van der Waals surface area contributed by atoms with Crippen LogP contribution in [0.5, 0.6) is 5.75 Å². The topological polar surface area (TPSA) is 57.5 Å². The van der Waals surface area contributed by atoms with Gasteiger partial charge >= 0.3 is 5.97 Å². The maximum atomic E-state index is 10.5. The summed E-state index contributed by atoms with van der Waals surface area (Å²) in [6, 6.07) is 2.00. The number of aliphatic carboxylic acids is 1. The van der Waals surface area contributed by atoms with Crippen LogP contribution in [0, 0.1) is 0 Å². The number of rotatable bonds is 4. The molecule has 1 aromatic carbocycles. The number of halogens is 1. The van der Waals surface area contributed by atoms with Gasteiger partial charge in [0.2, 0.25) is 0 Å². The van der Waals surface area contributed by atoms with Crippen LogP contribution in [0.3, 0.4) is 0 Å². The van der Waals surface area contributed by atoms with Gasteiger partial charge in [-0.1, -0.05) is 17.7 Å². The number of aromatic hydroxyl groups is 1. The molecule has 0 aromatic heterocycles. The lowest BCUT2D eigenvalue weighted by molar-refractivity contribution is -0.137. The highest BCUT2D eigenvalue weighted by Gasteiger charge is 2.18. The Labute approximate surface area is 111 Å². The van der Waals surface area contributed by atoms with E-state index in [1.54, 1.807) is 0 Å². The van der Waals surface area contributed by atoms with Gasteiger partial charge < -0.3 is 10.2 Å². The number of phenols is 1. The Balaban J connectivity index is 2.20. The maximum absolute atomic E-state index is 10.5. The molecule has 0 saturated heterocycles. The SMILES string of the molecule is O=C(O)CCCc1cc2c(c(Cl)c1O)CCCC2. The summed E-state index contributed by atoms with van der Waals surface area (Å²) < 4.78 is 0. The Bertz CT molecular complexity index is 469. The van der Waals surface area contributed by atoms with Crippen molar-refractivity contribution in [3.05, 3.63) is 27.8 Å². The zero-order valence-corrected chi connectivity index (χ0v) is 11.0. The molecule has 1 aromatic rings. The molecule has 2 N–H and O–H groups in total. The van der Waals surface area contributed by atoms with Crippen LogP contribution in [-0.4, -0.2) is 16.2 Å². The van der Waals surface area contributed by atoms with Gasteiger partial charge in [-0.15, -0.1) is 0 Å². The third-order valence-corrected chi connectivity index (χ3v) is 3.88. The summed E-state index contributed by atoms with van der Waals surface area (Å²) in [7, 11) is 0. The summed E-state index contributed by atoms with van der Waals surface area (Å²) in [4.78, 5) is 10.5. The third-order valence-electron chi connectivity index (χ3n) is 3.47. The Morgan fingerprint density at radius 2 is 2.06 bits per heavy atom. The summed E-state index contributed by atoms with van der Waals surface area (Å²) in [6.07, 6.45) is 5.41. The second-order valence-corrected chi connectivity index (χ2v) is 5.17. The highest BCUT2D eigenvalue weighted by Crippen LogP contribution is 2.37. The van der Waals surface area contributed by atoms with Crippen molar-refractivity contribution in [1.29, 1.82) is 0 Å². The minimum atomic E-state index is -0.807. The van der Waals surface area contributed by atoms with Crippen molar-refractivity contribution in [1.82, 2.24) is 0 Å². The maximum Gasteiger partial charge on any atom is 0.303 e. The summed E-state index contributed by atoms with van der Waals surface area (Å²) in [5, 5.41) is 19.1. The van der Waals surface area contributed by atoms with Gasteiger partial charge in [-0.2, -0.15) is 0 Å². The van der Waals surface area contributed by atoms with E-state index in [-0.39, 0.29) is 12.2 Å². The molecule has 18 heavy (non-hydrogen) atoms. The number of carboxylic acid groups (broad SMARTS) is 1. The lowest BCUT2D eigenvalue weighted by Crippen LogP contribution is -2.05. The first-order chi connectivity index (χ1) is 8.59. The zero-order valence-electron chi connectivity index (χ0n) is 10.2. The predicted octanol–water partition coefficient (Wildman–Crippen LogP) is 3.33. The van der Waals surface area contributed by atoms with E-state index in [4.69, 9.17) is 16.7 Å². The predicted molar refractivity (Wildman–Crippen MR) is 70.3 cm³/mol. The second-order valence-electron chi connectivity index (χ2n) is 4.79. The molecule has 0 bridgehead atoms. The van der Waals surface area contributed by atoms with Crippen molar-refractivity contribution in [3.8, 4) is 5.75 Å². The molecule has 1 aliphatic carbocycles. The number of phenolic OH excluding ortho intramolecular Hbond substituents is 1. The summed E-state index contributed by atoms with van der Waals surface area (Å²) >= 11 is 6.19. The third kappa shape index (κ3) is 2.78. The van der Waals surface area contributed by atoms with Gasteiger partial charge in [0.1, 0.15) is 5.75 Å². The normalized spacial score (nSPS) is 14.3. The van der Waals surface area contributed by atoms with Crippen molar-refractivity contribution in [2.75, 3.05) is 0 Å². The van der Waals surface area contributed by atoms with Crippen LogP contribution >= 0.6 is 11.6 Å². The van der Waals surface area contributed by atoms with Gasteiger partial charge in [0.15, 0.2) is 0 Å². The van der Waals surface area contributed by atoms with Crippen LogP contribution in [0.1, 0.15) is 42.4 Å². The summed E-state index contributed by atoms with van der Waals surface area (Å²) in [5.41, 5.74) is 3.07. The quantitative estimate of drug-likeness (QED) is 0.881. The fourth-order valence-electron chi connectivity index (χ4n) is 2.52. The van der Waals surface area contributed by atoms with E-state index in [0.29, 0.717) is 17.9 Å². The van der Waals surface area contributed by atoms with E-state index < -0.39 is 5.97 Å². The Morgan fingerprint density at radius 1 is 1.33 bits per heavy atom. The minimum absolute atomic E-state index is 0.119. The number of carboxylic acids is 1. The average molecular weight is 269 g/mol. The molecule has 4 heteroatoms. The molecule has 0 heterocycles. The standard InChI is InChI=1S/C14H17ClO3/c15-13-11-6-2-1-4-9(11)8-10(14(13)18)5-3-7-12(16)17/h8,18H,1-7H2,(H,16,17). The molecule has 3 nitrogen and oxygen atoms in total. The highest BCUT2D eigenvalue weighted by molar-refractivity contribution is 6.33. The molecule has 98 valence electrons. The van der Waals surface area contributed by atoms with Crippen molar-refractivity contribution in [3.63, 3.8) is 0 Å². The minimum Gasteiger partial charge on any atom is -0.506 e. The monoisotopic (exact) mass is 268 g/mol. The first-order valence-electron chi connectivity index (χ1n) is 6.33. The van der Waals surface area contributed by atoms with Crippen LogP contribution in [0.4, 0.5) is 0 Å². The first kappa shape index (κ1) is 13.2. The molecular weight excluding hydrogens is 252 g/mol. The van der Waals surface area contributed by atoms with E-state index in [0.717, 1.165) is 36.8 Å². The van der Waals surface area contributed by atoms with E-state index in [2.05, 4.69) is 0 Å². The van der Waals surface area contributed by atoms with Crippen LogP contribution in [-0.2, 0) is 24.1 Å². The number of carbonyl (C=O) groups is 1. The number of fused-ring (bicyclic) bond motifs is 1. The van der Waals surface area contributed by atoms with E-state index in [9.17, 15) is 9.90 Å². The lowest BCUT2D eigenvalue weighted by atomic mass is 9.89. The number of aryl methyl sites for hydroxylation is 2. The lowest BCUT2D eigenvalue weighted by Gasteiger charge is -2.20.